The number of hydrogen-bond acceptors (Lipinski definition) is 2. The number of nitrogens with zero attached hydrogens (tertiary/aromatic N) is 1. The van der Waals surface area contributed by atoms with Crippen LogP contribution in [0.4, 0.5) is 0 Å². The summed E-state index contributed by atoms with van der Waals surface area (Å²) in [5.74, 6) is 1.21. The number of halogens is 1. The number of alkyl halides is 1. The lowest BCUT2D eigenvalue weighted by Gasteiger charge is -2.31. The van der Waals surface area contributed by atoms with Crippen molar-refractivity contribution in [1.29, 1.82) is 0 Å². The van der Waals surface area contributed by atoms with Gasteiger partial charge in [0, 0.05) is 11.5 Å². The Labute approximate surface area is 89.6 Å². The topological polar surface area (TPSA) is 26.0 Å². The van der Waals surface area contributed by atoms with E-state index in [1.54, 1.807) is 0 Å². The summed E-state index contributed by atoms with van der Waals surface area (Å²) in [4.78, 5) is 0. The lowest BCUT2D eigenvalue weighted by atomic mass is 9.73. The van der Waals surface area contributed by atoms with Crippen molar-refractivity contribution >= 4 is 11.6 Å². The Bertz CT molecular complexity index is 302. The van der Waals surface area contributed by atoms with Gasteiger partial charge in [-0.1, -0.05) is 31.3 Å². The molecule has 0 unspecified atom stereocenters. The third-order valence-electron chi connectivity index (χ3n) is 3.27. The summed E-state index contributed by atoms with van der Waals surface area (Å²) in [7, 11) is 0. The van der Waals surface area contributed by atoms with Gasteiger partial charge in [0.05, 0.1) is 11.6 Å². The summed E-state index contributed by atoms with van der Waals surface area (Å²) >= 11 is 5.69. The molecule has 0 aromatic carbocycles. The maximum atomic E-state index is 5.69. The Morgan fingerprint density at radius 2 is 2.14 bits per heavy atom. The van der Waals surface area contributed by atoms with E-state index < -0.39 is 0 Å². The van der Waals surface area contributed by atoms with E-state index in [1.165, 1.54) is 32.1 Å². The molecule has 1 heterocycles. The van der Waals surface area contributed by atoms with E-state index in [4.69, 9.17) is 16.1 Å². The Hall–Kier alpha value is -0.500. The van der Waals surface area contributed by atoms with Gasteiger partial charge in [-0.15, -0.1) is 11.6 Å². The monoisotopic (exact) mass is 213 g/mol. The van der Waals surface area contributed by atoms with Crippen molar-refractivity contribution in [1.82, 2.24) is 5.16 Å². The third kappa shape index (κ3) is 1.81. The maximum absolute atomic E-state index is 5.69. The maximum Gasteiger partial charge on any atom is 0.151 e. The van der Waals surface area contributed by atoms with Crippen LogP contribution in [-0.4, -0.2) is 5.16 Å². The predicted octanol–water partition coefficient (Wildman–Crippen LogP) is 3.64. The van der Waals surface area contributed by atoms with Crippen LogP contribution in [0, 0.1) is 0 Å². The summed E-state index contributed by atoms with van der Waals surface area (Å²) < 4.78 is 5.15. The Kier molecular flexibility index (Phi) is 2.82. The molecular formula is C11H16ClNO. The molecule has 0 saturated heterocycles. The van der Waals surface area contributed by atoms with Crippen LogP contribution in [0.15, 0.2) is 10.6 Å². The molecule has 0 spiro atoms. The molecule has 0 N–H and O–H groups in total. The van der Waals surface area contributed by atoms with Gasteiger partial charge in [-0.2, -0.15) is 0 Å². The van der Waals surface area contributed by atoms with Crippen molar-refractivity contribution in [3.05, 3.63) is 17.5 Å². The van der Waals surface area contributed by atoms with Gasteiger partial charge in [-0.05, 0) is 12.8 Å². The van der Waals surface area contributed by atoms with Gasteiger partial charge in [0.25, 0.3) is 0 Å². The highest BCUT2D eigenvalue weighted by Crippen LogP contribution is 2.38. The number of hydrogen-bond donors (Lipinski definition) is 0. The normalized spacial score (nSPS) is 21.0. The lowest BCUT2D eigenvalue weighted by Crippen LogP contribution is -2.25. The minimum atomic E-state index is 0.228. The summed E-state index contributed by atoms with van der Waals surface area (Å²) in [5.41, 5.74) is 1.32. The van der Waals surface area contributed by atoms with Crippen LogP contribution >= 0.6 is 11.6 Å². The first-order chi connectivity index (χ1) is 6.74. The van der Waals surface area contributed by atoms with Crippen molar-refractivity contribution in [3.8, 4) is 0 Å². The van der Waals surface area contributed by atoms with Crippen LogP contribution in [0.25, 0.3) is 0 Å². The quantitative estimate of drug-likeness (QED) is 0.702. The zero-order valence-corrected chi connectivity index (χ0v) is 9.31. The fraction of sp³-hybridized carbons (Fsp3) is 0.727. The van der Waals surface area contributed by atoms with E-state index in [1.807, 2.05) is 6.07 Å². The summed E-state index contributed by atoms with van der Waals surface area (Å²) in [6.45, 7) is 2.28. The fourth-order valence-corrected chi connectivity index (χ4v) is 2.37. The second-order valence-electron chi connectivity index (χ2n) is 4.43. The molecule has 2 nitrogen and oxygen atoms in total. The second-order valence-corrected chi connectivity index (χ2v) is 4.70. The molecule has 0 atom stereocenters. The molecule has 1 fully saturated rings. The van der Waals surface area contributed by atoms with E-state index in [-0.39, 0.29) is 5.41 Å². The molecular weight excluding hydrogens is 198 g/mol. The Balaban J connectivity index is 2.19. The molecule has 78 valence electrons. The molecule has 0 bridgehead atoms. The first-order valence-corrected chi connectivity index (χ1v) is 5.80. The van der Waals surface area contributed by atoms with E-state index in [0.29, 0.717) is 5.88 Å². The minimum absolute atomic E-state index is 0.228. The number of aromatic nitrogens is 1. The first-order valence-electron chi connectivity index (χ1n) is 5.27. The molecule has 1 aromatic rings. The molecule has 2 rings (SSSR count). The highest BCUT2D eigenvalue weighted by Gasteiger charge is 2.31. The zero-order chi connectivity index (χ0) is 10.0. The van der Waals surface area contributed by atoms with Crippen LogP contribution in [0.1, 0.15) is 50.5 Å². The Morgan fingerprint density at radius 3 is 2.71 bits per heavy atom. The van der Waals surface area contributed by atoms with Crippen molar-refractivity contribution < 1.29 is 4.52 Å². The van der Waals surface area contributed by atoms with E-state index in [2.05, 4.69) is 12.1 Å². The van der Waals surface area contributed by atoms with Gasteiger partial charge >= 0.3 is 0 Å². The van der Waals surface area contributed by atoms with E-state index in [9.17, 15) is 0 Å². The van der Waals surface area contributed by atoms with Crippen molar-refractivity contribution in [2.75, 3.05) is 0 Å². The van der Waals surface area contributed by atoms with Gasteiger partial charge in [0.1, 0.15) is 0 Å². The Morgan fingerprint density at radius 1 is 1.43 bits per heavy atom. The van der Waals surface area contributed by atoms with Gasteiger partial charge in [-0.3, -0.25) is 0 Å². The van der Waals surface area contributed by atoms with Crippen LogP contribution < -0.4 is 0 Å². The smallest absolute Gasteiger partial charge is 0.151 e. The highest BCUT2D eigenvalue weighted by atomic mass is 35.5. The molecule has 0 aliphatic heterocycles. The SMILES string of the molecule is CC1(c2cc(CCl)on2)CCCCC1. The summed E-state index contributed by atoms with van der Waals surface area (Å²) in [6.07, 6.45) is 6.41. The van der Waals surface area contributed by atoms with Crippen LogP contribution in [0.5, 0.6) is 0 Å². The molecule has 0 amide bonds. The molecule has 1 aromatic heterocycles. The van der Waals surface area contributed by atoms with Crippen molar-refractivity contribution in [2.45, 2.75) is 50.3 Å². The highest BCUT2D eigenvalue weighted by molar-refractivity contribution is 6.16. The number of rotatable bonds is 2. The van der Waals surface area contributed by atoms with Gasteiger partial charge in [-0.25, -0.2) is 0 Å². The lowest BCUT2D eigenvalue weighted by molar-refractivity contribution is 0.291. The first kappa shape index (κ1) is 10.0. The zero-order valence-electron chi connectivity index (χ0n) is 8.55. The summed E-state index contributed by atoms with van der Waals surface area (Å²) in [5, 5.41) is 4.12. The molecule has 14 heavy (non-hydrogen) atoms. The van der Waals surface area contributed by atoms with Crippen molar-refractivity contribution in [3.63, 3.8) is 0 Å². The van der Waals surface area contributed by atoms with Gasteiger partial charge in [0.2, 0.25) is 0 Å². The largest absolute Gasteiger partial charge is 0.360 e. The molecule has 0 radical (unpaired) electrons. The van der Waals surface area contributed by atoms with Crippen LogP contribution in [0.2, 0.25) is 0 Å². The molecule has 1 aliphatic carbocycles. The van der Waals surface area contributed by atoms with Crippen LogP contribution in [0.3, 0.4) is 0 Å². The molecule has 1 aliphatic rings. The van der Waals surface area contributed by atoms with Crippen molar-refractivity contribution in [2.24, 2.45) is 0 Å². The molecule has 3 heteroatoms. The van der Waals surface area contributed by atoms with Crippen LogP contribution in [-0.2, 0) is 11.3 Å². The van der Waals surface area contributed by atoms with Gasteiger partial charge in [0.15, 0.2) is 5.76 Å². The second kappa shape index (κ2) is 3.93. The average molecular weight is 214 g/mol. The molecule has 1 saturated carbocycles. The van der Waals surface area contributed by atoms with E-state index in [0.717, 1.165) is 11.5 Å². The average Bonchev–Trinajstić information content (AvgIpc) is 2.67. The predicted molar refractivity (Wildman–Crippen MR) is 56.5 cm³/mol. The standard InChI is InChI=1S/C11H16ClNO/c1-11(5-3-2-4-6-11)10-7-9(8-12)14-13-10/h7H,2-6,8H2,1H3. The van der Waals surface area contributed by atoms with Gasteiger partial charge < -0.3 is 4.52 Å². The minimum Gasteiger partial charge on any atom is -0.360 e. The fourth-order valence-electron chi connectivity index (χ4n) is 2.25. The summed E-state index contributed by atoms with van der Waals surface area (Å²) in [6, 6.07) is 2.01. The van der Waals surface area contributed by atoms with E-state index >= 15 is 0 Å². The third-order valence-corrected chi connectivity index (χ3v) is 3.53.